The maximum Gasteiger partial charge on any atom is 0.0712 e. The molecular weight excluding hydrogens is 216 g/mol. The predicted molar refractivity (Wildman–Crippen MR) is 69.6 cm³/mol. The topological polar surface area (TPSA) is 0 Å². The lowest BCUT2D eigenvalue weighted by Gasteiger charge is -2.48. The zero-order valence-electron chi connectivity index (χ0n) is 10.8. The Hall–Kier alpha value is -0.490. The summed E-state index contributed by atoms with van der Waals surface area (Å²) in [6.45, 7) is 11.4. The lowest BCUT2D eigenvalue weighted by molar-refractivity contribution is 0.438. The van der Waals surface area contributed by atoms with E-state index in [0.29, 0.717) is 5.41 Å². The molecule has 2 aliphatic rings. The van der Waals surface area contributed by atoms with Crippen LogP contribution in [-0.2, 0) is 23.1 Å². The van der Waals surface area contributed by atoms with Gasteiger partial charge in [0.25, 0.3) is 0 Å². The summed E-state index contributed by atoms with van der Waals surface area (Å²) in [5, 5.41) is 0. The van der Waals surface area contributed by atoms with Crippen molar-refractivity contribution in [2.45, 2.75) is 57.7 Å². The number of alkyl halides is 1. The molecule has 0 aromatic heterocycles. The Kier molecular flexibility index (Phi) is 1.78. The van der Waals surface area contributed by atoms with Crippen molar-refractivity contribution in [3.8, 4) is 0 Å². The summed E-state index contributed by atoms with van der Waals surface area (Å²) in [4.78, 5) is -0.0983. The summed E-state index contributed by atoms with van der Waals surface area (Å²) < 4.78 is 0. The van der Waals surface area contributed by atoms with Crippen molar-refractivity contribution >= 4 is 11.6 Å². The van der Waals surface area contributed by atoms with Crippen LogP contribution in [0, 0.1) is 13.8 Å². The molecule has 0 saturated carbocycles. The number of hydrogen-bond acceptors (Lipinski definition) is 0. The average molecular weight is 235 g/mol. The maximum absolute atomic E-state index is 6.53. The summed E-state index contributed by atoms with van der Waals surface area (Å²) >= 11 is 6.53. The normalized spacial score (nSPS) is 28.9. The van der Waals surface area contributed by atoms with Crippen LogP contribution in [0.4, 0.5) is 0 Å². The highest BCUT2D eigenvalue weighted by atomic mass is 35.5. The first-order valence-electron chi connectivity index (χ1n) is 6.10. The predicted octanol–water partition coefficient (Wildman–Crippen LogP) is 4.15. The minimum atomic E-state index is -0.0983. The lowest BCUT2D eigenvalue weighted by atomic mass is 9.58. The Bertz CT molecular complexity index is 443. The third-order valence-electron chi connectivity index (χ3n) is 4.58. The molecule has 3 rings (SSSR count). The van der Waals surface area contributed by atoms with Gasteiger partial charge in [-0.3, -0.25) is 0 Å². The maximum atomic E-state index is 6.53. The van der Waals surface area contributed by atoms with Crippen molar-refractivity contribution in [1.82, 2.24) is 0 Å². The second kappa shape index (κ2) is 2.67. The quantitative estimate of drug-likeness (QED) is 0.592. The molecule has 0 aliphatic heterocycles. The monoisotopic (exact) mass is 234 g/mol. The van der Waals surface area contributed by atoms with Crippen molar-refractivity contribution in [2.24, 2.45) is 0 Å². The molecule has 0 fully saturated rings. The molecule has 0 heterocycles. The van der Waals surface area contributed by atoms with E-state index in [0.717, 1.165) is 6.42 Å². The largest absolute Gasteiger partial charge is 0.114 e. The Balaban J connectivity index is 2.31. The van der Waals surface area contributed by atoms with E-state index in [2.05, 4.69) is 34.6 Å². The highest BCUT2D eigenvalue weighted by Gasteiger charge is 2.46. The van der Waals surface area contributed by atoms with E-state index in [1.54, 1.807) is 11.1 Å². The van der Waals surface area contributed by atoms with Crippen LogP contribution in [0.5, 0.6) is 0 Å². The first-order valence-corrected chi connectivity index (χ1v) is 6.48. The van der Waals surface area contributed by atoms with Crippen LogP contribution in [0.15, 0.2) is 0 Å². The second-order valence-corrected chi connectivity index (χ2v) is 7.23. The van der Waals surface area contributed by atoms with Crippen molar-refractivity contribution in [3.63, 3.8) is 0 Å². The Labute approximate surface area is 103 Å². The zero-order chi connectivity index (χ0) is 11.9. The fraction of sp³-hybridized carbons (Fsp3) is 0.600. The smallest absolute Gasteiger partial charge is 0.0712 e. The number of benzene rings is 1. The van der Waals surface area contributed by atoms with Crippen LogP contribution in [0.3, 0.4) is 0 Å². The van der Waals surface area contributed by atoms with E-state index in [9.17, 15) is 0 Å². The second-order valence-electron chi connectivity index (χ2n) is 6.39. The molecule has 1 atom stereocenters. The van der Waals surface area contributed by atoms with Crippen molar-refractivity contribution in [2.75, 3.05) is 0 Å². The van der Waals surface area contributed by atoms with E-state index >= 15 is 0 Å². The highest BCUT2D eigenvalue weighted by molar-refractivity contribution is 6.25. The third-order valence-corrected chi connectivity index (χ3v) is 4.91. The van der Waals surface area contributed by atoms with Crippen molar-refractivity contribution in [3.05, 3.63) is 33.4 Å². The molecule has 0 nitrogen and oxygen atoms in total. The van der Waals surface area contributed by atoms with Gasteiger partial charge >= 0.3 is 0 Å². The summed E-state index contributed by atoms with van der Waals surface area (Å²) in [5.74, 6) is 0. The van der Waals surface area contributed by atoms with Gasteiger partial charge < -0.3 is 0 Å². The molecule has 1 aromatic carbocycles. The van der Waals surface area contributed by atoms with Gasteiger partial charge in [0.2, 0.25) is 0 Å². The van der Waals surface area contributed by atoms with Gasteiger partial charge in [0.15, 0.2) is 0 Å². The van der Waals surface area contributed by atoms with E-state index in [-0.39, 0.29) is 4.87 Å². The van der Waals surface area contributed by atoms with Crippen molar-refractivity contribution < 1.29 is 0 Å². The summed E-state index contributed by atoms with van der Waals surface area (Å²) in [7, 11) is 0. The molecule has 0 amide bonds. The molecule has 1 unspecified atom stereocenters. The van der Waals surface area contributed by atoms with E-state index < -0.39 is 0 Å². The molecule has 0 spiro atoms. The third kappa shape index (κ3) is 1.02. The lowest BCUT2D eigenvalue weighted by Crippen LogP contribution is -2.41. The zero-order valence-corrected chi connectivity index (χ0v) is 11.5. The number of halogens is 1. The van der Waals surface area contributed by atoms with Crippen LogP contribution in [0.2, 0.25) is 0 Å². The van der Waals surface area contributed by atoms with Gasteiger partial charge in [-0.25, -0.2) is 0 Å². The molecule has 0 saturated heterocycles. The molecule has 2 aliphatic carbocycles. The Morgan fingerprint density at radius 2 is 1.38 bits per heavy atom. The van der Waals surface area contributed by atoms with Gasteiger partial charge in [-0.1, -0.05) is 13.8 Å². The summed E-state index contributed by atoms with van der Waals surface area (Å²) in [6.07, 6.45) is 2.26. The molecule has 0 bridgehead atoms. The van der Waals surface area contributed by atoms with E-state index in [4.69, 9.17) is 11.6 Å². The number of rotatable bonds is 0. The number of hydrogen-bond donors (Lipinski definition) is 0. The molecule has 86 valence electrons. The van der Waals surface area contributed by atoms with Crippen molar-refractivity contribution in [1.29, 1.82) is 0 Å². The van der Waals surface area contributed by atoms with Crippen LogP contribution >= 0.6 is 11.6 Å². The van der Waals surface area contributed by atoms with Gasteiger partial charge in [-0.15, -0.1) is 11.6 Å². The highest BCUT2D eigenvalue weighted by Crippen LogP contribution is 2.55. The molecule has 1 aromatic rings. The minimum absolute atomic E-state index is 0.0983. The van der Waals surface area contributed by atoms with E-state index in [1.807, 2.05) is 0 Å². The summed E-state index contributed by atoms with van der Waals surface area (Å²) in [6, 6.07) is 0. The molecular formula is C15H19Cl. The van der Waals surface area contributed by atoms with Gasteiger partial charge in [-0.2, -0.15) is 0 Å². The molecule has 16 heavy (non-hydrogen) atoms. The van der Waals surface area contributed by atoms with Gasteiger partial charge in [0.1, 0.15) is 0 Å². The standard InChI is InChI=1S/C15H19Cl/c1-8-11-7-15(5,16)13(11)9(2)10-6-14(3,4)12(8)10/h6-7H2,1-5H3. The fourth-order valence-corrected chi connectivity index (χ4v) is 4.32. The summed E-state index contributed by atoms with van der Waals surface area (Å²) in [5.41, 5.74) is 9.52. The first-order chi connectivity index (χ1) is 7.26. The number of fused-ring (bicyclic) bond motifs is 2. The molecule has 0 N–H and O–H groups in total. The molecule has 0 radical (unpaired) electrons. The van der Waals surface area contributed by atoms with Gasteiger partial charge in [-0.05, 0) is 72.4 Å². The van der Waals surface area contributed by atoms with Crippen LogP contribution < -0.4 is 0 Å². The minimum Gasteiger partial charge on any atom is -0.114 e. The molecule has 1 heteroatoms. The van der Waals surface area contributed by atoms with Crippen LogP contribution in [0.1, 0.15) is 54.2 Å². The Morgan fingerprint density at radius 1 is 0.875 bits per heavy atom. The fourth-order valence-electron chi connectivity index (χ4n) is 3.93. The van der Waals surface area contributed by atoms with Gasteiger partial charge in [0, 0.05) is 0 Å². The first kappa shape index (κ1) is 10.7. The average Bonchev–Trinajstić information content (AvgIpc) is 2.09. The van der Waals surface area contributed by atoms with E-state index in [1.165, 1.54) is 28.7 Å². The van der Waals surface area contributed by atoms with Crippen LogP contribution in [-0.4, -0.2) is 0 Å². The van der Waals surface area contributed by atoms with Gasteiger partial charge in [0.05, 0.1) is 4.87 Å². The Morgan fingerprint density at radius 3 is 1.88 bits per heavy atom. The van der Waals surface area contributed by atoms with Crippen LogP contribution in [0.25, 0.3) is 0 Å². The SMILES string of the molecule is Cc1c2c(c(C)c3c1C(C)(C)C3)C(C)(Cl)C2.